The molecule has 0 aliphatic rings. The Morgan fingerprint density at radius 2 is 2.12 bits per heavy atom. The predicted octanol–water partition coefficient (Wildman–Crippen LogP) is 1.21. The van der Waals surface area contributed by atoms with Gasteiger partial charge in [0.1, 0.15) is 6.04 Å². The molecule has 3 N–H and O–H groups in total. The minimum absolute atomic E-state index is 0.295. The van der Waals surface area contributed by atoms with Crippen molar-refractivity contribution in [2.75, 3.05) is 12.8 Å². The molecule has 0 spiro atoms. The third-order valence-corrected chi connectivity index (χ3v) is 2.49. The minimum atomic E-state index is -0.719. The highest BCUT2D eigenvalue weighted by Crippen LogP contribution is 2.19. The van der Waals surface area contributed by atoms with Gasteiger partial charge in [-0.05, 0) is 25.1 Å². The van der Waals surface area contributed by atoms with Gasteiger partial charge in [0, 0.05) is 5.56 Å². The highest BCUT2D eigenvalue weighted by atomic mass is 35.5. The number of amides is 1. The standard InChI is InChI=1S/C11H13ClN2O3/c1-6(11(16)17-2)14-10(15)7-3-4-9(13)8(12)5-7/h3-6H,13H2,1-2H3,(H,14,15). The van der Waals surface area contributed by atoms with E-state index < -0.39 is 17.9 Å². The van der Waals surface area contributed by atoms with Gasteiger partial charge in [-0.25, -0.2) is 4.79 Å². The predicted molar refractivity (Wildman–Crippen MR) is 64.8 cm³/mol. The lowest BCUT2D eigenvalue weighted by atomic mass is 10.2. The fourth-order valence-electron chi connectivity index (χ4n) is 1.18. The van der Waals surface area contributed by atoms with Crippen LogP contribution in [-0.4, -0.2) is 25.0 Å². The maximum Gasteiger partial charge on any atom is 0.328 e. The second kappa shape index (κ2) is 5.54. The molecule has 0 saturated heterocycles. The van der Waals surface area contributed by atoms with Gasteiger partial charge in [0.05, 0.1) is 17.8 Å². The number of ether oxygens (including phenoxy) is 1. The van der Waals surface area contributed by atoms with Crippen molar-refractivity contribution in [3.63, 3.8) is 0 Å². The average Bonchev–Trinajstić information content (AvgIpc) is 2.31. The number of carbonyl (C=O) groups is 2. The summed E-state index contributed by atoms with van der Waals surface area (Å²) in [6.45, 7) is 1.53. The molecule has 6 heteroatoms. The number of nitrogens with one attached hydrogen (secondary N) is 1. The van der Waals surface area contributed by atoms with E-state index >= 15 is 0 Å². The largest absolute Gasteiger partial charge is 0.467 e. The summed E-state index contributed by atoms with van der Waals surface area (Å²) in [7, 11) is 1.26. The highest BCUT2D eigenvalue weighted by molar-refractivity contribution is 6.33. The van der Waals surface area contributed by atoms with Crippen LogP contribution in [0.2, 0.25) is 5.02 Å². The van der Waals surface area contributed by atoms with E-state index in [1.807, 2.05) is 0 Å². The first-order valence-electron chi connectivity index (χ1n) is 4.89. The first-order chi connectivity index (χ1) is 7.95. The van der Waals surface area contributed by atoms with Crippen molar-refractivity contribution in [3.05, 3.63) is 28.8 Å². The molecule has 1 unspecified atom stereocenters. The molecule has 0 aromatic heterocycles. The van der Waals surface area contributed by atoms with Crippen molar-refractivity contribution in [2.45, 2.75) is 13.0 Å². The Morgan fingerprint density at radius 1 is 1.47 bits per heavy atom. The zero-order valence-corrected chi connectivity index (χ0v) is 10.2. The molecule has 0 bridgehead atoms. The summed E-state index contributed by atoms with van der Waals surface area (Å²) in [5, 5.41) is 2.78. The number of nitrogens with two attached hydrogens (primary N) is 1. The van der Waals surface area contributed by atoms with Gasteiger partial charge < -0.3 is 15.8 Å². The Balaban J connectivity index is 2.76. The molecule has 92 valence electrons. The van der Waals surface area contributed by atoms with Crippen molar-refractivity contribution >= 4 is 29.2 Å². The molecular formula is C11H13ClN2O3. The van der Waals surface area contributed by atoms with E-state index in [4.69, 9.17) is 17.3 Å². The lowest BCUT2D eigenvalue weighted by Crippen LogP contribution is -2.39. The number of esters is 1. The Bertz CT molecular complexity index is 448. The van der Waals surface area contributed by atoms with Crippen molar-refractivity contribution in [1.29, 1.82) is 0 Å². The van der Waals surface area contributed by atoms with Crippen molar-refractivity contribution in [2.24, 2.45) is 0 Å². The SMILES string of the molecule is COC(=O)C(C)NC(=O)c1ccc(N)c(Cl)c1. The topological polar surface area (TPSA) is 81.4 Å². The van der Waals surface area contributed by atoms with Gasteiger partial charge in [0.15, 0.2) is 0 Å². The van der Waals surface area contributed by atoms with E-state index in [0.29, 0.717) is 16.3 Å². The molecule has 1 aromatic carbocycles. The van der Waals surface area contributed by atoms with E-state index in [0.717, 1.165) is 0 Å². The van der Waals surface area contributed by atoms with Gasteiger partial charge in [-0.3, -0.25) is 4.79 Å². The number of methoxy groups -OCH3 is 1. The molecule has 1 atom stereocenters. The molecule has 0 saturated carbocycles. The summed E-state index contributed by atoms with van der Waals surface area (Å²) in [4.78, 5) is 22.8. The first-order valence-corrected chi connectivity index (χ1v) is 5.27. The smallest absolute Gasteiger partial charge is 0.328 e. The van der Waals surface area contributed by atoms with Crippen LogP contribution in [0.25, 0.3) is 0 Å². The maximum atomic E-state index is 11.7. The average molecular weight is 257 g/mol. The molecule has 0 aliphatic heterocycles. The Hall–Kier alpha value is -1.75. The summed E-state index contributed by atoms with van der Waals surface area (Å²) in [5.41, 5.74) is 6.25. The van der Waals surface area contributed by atoms with Crippen LogP contribution < -0.4 is 11.1 Å². The lowest BCUT2D eigenvalue weighted by Gasteiger charge is -2.11. The van der Waals surface area contributed by atoms with E-state index in [1.165, 1.54) is 32.2 Å². The van der Waals surface area contributed by atoms with Crippen LogP contribution in [0.3, 0.4) is 0 Å². The fraction of sp³-hybridized carbons (Fsp3) is 0.273. The molecular weight excluding hydrogens is 244 g/mol. The fourth-order valence-corrected chi connectivity index (χ4v) is 1.36. The number of carbonyl (C=O) groups excluding carboxylic acids is 2. The molecule has 1 amide bonds. The Morgan fingerprint density at radius 3 is 2.65 bits per heavy atom. The third kappa shape index (κ3) is 3.35. The molecule has 1 aromatic rings. The van der Waals surface area contributed by atoms with Crippen LogP contribution in [-0.2, 0) is 9.53 Å². The molecule has 0 heterocycles. The van der Waals surface area contributed by atoms with E-state index in [1.54, 1.807) is 0 Å². The van der Waals surface area contributed by atoms with Crippen LogP contribution in [0.5, 0.6) is 0 Å². The highest BCUT2D eigenvalue weighted by Gasteiger charge is 2.17. The van der Waals surface area contributed by atoms with E-state index in [9.17, 15) is 9.59 Å². The van der Waals surface area contributed by atoms with Crippen molar-refractivity contribution in [1.82, 2.24) is 5.32 Å². The van der Waals surface area contributed by atoms with Crippen LogP contribution in [0.1, 0.15) is 17.3 Å². The van der Waals surface area contributed by atoms with Crippen LogP contribution in [0.15, 0.2) is 18.2 Å². The number of nitrogen functional groups attached to an aromatic ring is 1. The quantitative estimate of drug-likeness (QED) is 0.629. The summed E-state index contributed by atoms with van der Waals surface area (Å²) in [6.07, 6.45) is 0. The van der Waals surface area contributed by atoms with Crippen LogP contribution >= 0.6 is 11.6 Å². The van der Waals surface area contributed by atoms with E-state index in [-0.39, 0.29) is 0 Å². The molecule has 5 nitrogen and oxygen atoms in total. The molecule has 1 rings (SSSR count). The van der Waals surface area contributed by atoms with Gasteiger partial charge in [-0.15, -0.1) is 0 Å². The second-order valence-electron chi connectivity index (χ2n) is 3.45. The maximum absolute atomic E-state index is 11.7. The van der Waals surface area contributed by atoms with Crippen molar-refractivity contribution < 1.29 is 14.3 Å². The molecule has 0 radical (unpaired) electrons. The normalized spacial score (nSPS) is 11.7. The van der Waals surface area contributed by atoms with E-state index in [2.05, 4.69) is 10.1 Å². The number of anilines is 1. The number of benzene rings is 1. The Kier molecular flexibility index (Phi) is 4.34. The van der Waals surface area contributed by atoms with Gasteiger partial charge in [0.25, 0.3) is 5.91 Å². The second-order valence-corrected chi connectivity index (χ2v) is 3.86. The number of rotatable bonds is 3. The first kappa shape index (κ1) is 13.3. The Labute approximate surface area is 104 Å². The van der Waals surface area contributed by atoms with Crippen LogP contribution in [0.4, 0.5) is 5.69 Å². The monoisotopic (exact) mass is 256 g/mol. The number of hydrogen-bond donors (Lipinski definition) is 2. The molecule has 0 fully saturated rings. The summed E-state index contributed by atoms with van der Waals surface area (Å²) >= 11 is 5.79. The number of halogens is 1. The lowest BCUT2D eigenvalue weighted by molar-refractivity contribution is -0.142. The number of hydrogen-bond acceptors (Lipinski definition) is 4. The van der Waals surface area contributed by atoms with Gasteiger partial charge in [-0.2, -0.15) is 0 Å². The summed E-state index contributed by atoms with van der Waals surface area (Å²) < 4.78 is 4.49. The summed E-state index contributed by atoms with van der Waals surface area (Å²) in [6, 6.07) is 3.78. The zero-order chi connectivity index (χ0) is 13.0. The van der Waals surface area contributed by atoms with Gasteiger partial charge in [0.2, 0.25) is 0 Å². The van der Waals surface area contributed by atoms with Crippen LogP contribution in [0, 0.1) is 0 Å². The molecule has 17 heavy (non-hydrogen) atoms. The summed E-state index contributed by atoms with van der Waals surface area (Å²) in [5.74, 6) is -0.926. The van der Waals surface area contributed by atoms with Gasteiger partial charge in [-0.1, -0.05) is 11.6 Å². The molecule has 0 aliphatic carbocycles. The third-order valence-electron chi connectivity index (χ3n) is 2.16. The van der Waals surface area contributed by atoms with Gasteiger partial charge >= 0.3 is 5.97 Å². The van der Waals surface area contributed by atoms with Crippen molar-refractivity contribution in [3.8, 4) is 0 Å². The minimum Gasteiger partial charge on any atom is -0.467 e. The zero-order valence-electron chi connectivity index (χ0n) is 9.49.